The van der Waals surface area contributed by atoms with E-state index in [9.17, 15) is 4.79 Å². The Bertz CT molecular complexity index is 1110. The van der Waals surface area contributed by atoms with Gasteiger partial charge in [-0.05, 0) is 41.8 Å². The van der Waals surface area contributed by atoms with Gasteiger partial charge >= 0.3 is 0 Å². The molecule has 0 unspecified atom stereocenters. The first-order chi connectivity index (χ1) is 13.7. The summed E-state index contributed by atoms with van der Waals surface area (Å²) in [5.74, 6) is 0.610. The smallest absolute Gasteiger partial charge is 0.257 e. The fourth-order valence-corrected chi connectivity index (χ4v) is 3.73. The maximum atomic E-state index is 12.5. The number of rotatable bonds is 6. The van der Waals surface area contributed by atoms with Gasteiger partial charge in [-0.3, -0.25) is 4.79 Å². The summed E-state index contributed by atoms with van der Waals surface area (Å²) >= 11 is 1.53. The Morgan fingerprint density at radius 1 is 1.00 bits per heavy atom. The number of hydrogen-bond acceptors (Lipinski definition) is 4. The van der Waals surface area contributed by atoms with E-state index in [1.807, 2.05) is 79.7 Å². The summed E-state index contributed by atoms with van der Waals surface area (Å²) < 4.78 is 5.81. The van der Waals surface area contributed by atoms with Gasteiger partial charge in [-0.2, -0.15) is 0 Å². The number of aromatic nitrogens is 1. The molecule has 0 aliphatic carbocycles. The van der Waals surface area contributed by atoms with Gasteiger partial charge in [-0.1, -0.05) is 66.4 Å². The number of fused-ring (bicyclic) bond motifs is 1. The first-order valence-corrected chi connectivity index (χ1v) is 10.1. The molecule has 4 aromatic rings. The number of nitrogens with zero attached hydrogens (tertiary/aromatic N) is 1. The standard InChI is InChI=1S/C23H20N2O2S/c1-16-7-5-12-20-21(16)25-23(27-20)28-15-18-10-6-11-19(13-18)22(26)24-14-17-8-3-2-4-9-17/h2-13H,14-15H2,1H3,(H,24,26). The van der Waals surface area contributed by atoms with Crippen molar-refractivity contribution in [1.29, 1.82) is 0 Å². The monoisotopic (exact) mass is 388 g/mol. The molecular formula is C23H20N2O2S. The van der Waals surface area contributed by atoms with Crippen LogP contribution in [-0.2, 0) is 12.3 Å². The van der Waals surface area contributed by atoms with Crippen molar-refractivity contribution in [1.82, 2.24) is 10.3 Å². The van der Waals surface area contributed by atoms with E-state index in [1.165, 1.54) is 11.8 Å². The molecule has 0 spiro atoms. The van der Waals surface area contributed by atoms with Crippen LogP contribution in [0.4, 0.5) is 0 Å². The van der Waals surface area contributed by atoms with Crippen LogP contribution in [0.15, 0.2) is 82.4 Å². The molecule has 0 saturated carbocycles. The van der Waals surface area contributed by atoms with Crippen LogP contribution in [0.5, 0.6) is 0 Å². The van der Waals surface area contributed by atoms with Crippen molar-refractivity contribution in [3.8, 4) is 0 Å². The summed E-state index contributed by atoms with van der Waals surface area (Å²) in [5.41, 5.74) is 5.59. The molecule has 4 rings (SSSR count). The third-order valence-electron chi connectivity index (χ3n) is 4.45. The number of thioether (sulfide) groups is 1. The molecule has 0 radical (unpaired) electrons. The number of para-hydroxylation sites is 1. The highest BCUT2D eigenvalue weighted by Crippen LogP contribution is 2.27. The van der Waals surface area contributed by atoms with Crippen LogP contribution in [0.1, 0.15) is 27.0 Å². The average molecular weight is 388 g/mol. The summed E-state index contributed by atoms with van der Waals surface area (Å²) in [6, 6.07) is 23.5. The fraction of sp³-hybridized carbons (Fsp3) is 0.130. The van der Waals surface area contributed by atoms with E-state index in [-0.39, 0.29) is 5.91 Å². The van der Waals surface area contributed by atoms with Crippen molar-refractivity contribution < 1.29 is 9.21 Å². The Hall–Kier alpha value is -3.05. The van der Waals surface area contributed by atoms with Crippen LogP contribution in [0.25, 0.3) is 11.1 Å². The molecule has 1 N–H and O–H groups in total. The van der Waals surface area contributed by atoms with Crippen LogP contribution in [0, 0.1) is 6.92 Å². The lowest BCUT2D eigenvalue weighted by Gasteiger charge is -2.07. The Morgan fingerprint density at radius 2 is 1.79 bits per heavy atom. The molecule has 4 nitrogen and oxygen atoms in total. The zero-order valence-electron chi connectivity index (χ0n) is 15.5. The van der Waals surface area contributed by atoms with Crippen LogP contribution >= 0.6 is 11.8 Å². The number of hydrogen-bond donors (Lipinski definition) is 1. The lowest BCUT2D eigenvalue weighted by atomic mass is 10.1. The van der Waals surface area contributed by atoms with Crippen LogP contribution in [0.2, 0.25) is 0 Å². The number of oxazole rings is 1. The molecule has 0 atom stereocenters. The molecule has 140 valence electrons. The van der Waals surface area contributed by atoms with Gasteiger partial charge in [0.25, 0.3) is 11.1 Å². The van der Waals surface area contributed by atoms with E-state index in [4.69, 9.17) is 4.42 Å². The lowest BCUT2D eigenvalue weighted by Crippen LogP contribution is -2.22. The fourth-order valence-electron chi connectivity index (χ4n) is 2.96. The first-order valence-electron chi connectivity index (χ1n) is 9.09. The van der Waals surface area contributed by atoms with E-state index in [0.29, 0.717) is 23.1 Å². The van der Waals surface area contributed by atoms with Gasteiger partial charge < -0.3 is 9.73 Å². The van der Waals surface area contributed by atoms with E-state index < -0.39 is 0 Å². The van der Waals surface area contributed by atoms with Crippen molar-refractivity contribution in [2.24, 2.45) is 0 Å². The molecule has 28 heavy (non-hydrogen) atoms. The van der Waals surface area contributed by atoms with Gasteiger partial charge in [0, 0.05) is 17.9 Å². The molecular weight excluding hydrogens is 368 g/mol. The summed E-state index contributed by atoms with van der Waals surface area (Å²) in [5, 5.41) is 3.61. The van der Waals surface area contributed by atoms with Gasteiger partial charge in [-0.15, -0.1) is 0 Å². The van der Waals surface area contributed by atoms with E-state index >= 15 is 0 Å². The summed E-state index contributed by atoms with van der Waals surface area (Å²) in [4.78, 5) is 17.0. The van der Waals surface area contributed by atoms with E-state index in [2.05, 4.69) is 10.3 Å². The number of amides is 1. The van der Waals surface area contributed by atoms with Gasteiger partial charge in [-0.25, -0.2) is 4.98 Å². The second-order valence-corrected chi connectivity index (χ2v) is 7.49. The number of carbonyl (C=O) groups excluding carboxylic acids is 1. The number of benzene rings is 3. The Morgan fingerprint density at radius 3 is 2.61 bits per heavy atom. The first kappa shape index (κ1) is 18.3. The van der Waals surface area contributed by atoms with Gasteiger partial charge in [0.15, 0.2) is 5.58 Å². The SMILES string of the molecule is Cc1cccc2oc(SCc3cccc(C(=O)NCc4ccccc4)c3)nc12. The summed E-state index contributed by atoms with van der Waals surface area (Å²) in [6.07, 6.45) is 0. The molecule has 0 aliphatic heterocycles. The molecule has 0 bridgehead atoms. The minimum Gasteiger partial charge on any atom is -0.431 e. The predicted octanol–water partition coefficient (Wildman–Crippen LogP) is 5.36. The van der Waals surface area contributed by atoms with Crippen molar-refractivity contribution in [2.45, 2.75) is 24.4 Å². The molecule has 5 heteroatoms. The second-order valence-electron chi connectivity index (χ2n) is 6.56. The van der Waals surface area contributed by atoms with E-state index in [1.54, 1.807) is 0 Å². The molecule has 0 saturated heterocycles. The molecule has 0 fully saturated rings. The topological polar surface area (TPSA) is 55.1 Å². The largest absolute Gasteiger partial charge is 0.431 e. The van der Waals surface area contributed by atoms with Crippen LogP contribution < -0.4 is 5.32 Å². The quantitative estimate of drug-likeness (QED) is 0.452. The predicted molar refractivity (Wildman–Crippen MR) is 112 cm³/mol. The zero-order chi connectivity index (χ0) is 19.3. The summed E-state index contributed by atoms with van der Waals surface area (Å²) in [6.45, 7) is 2.54. The molecule has 1 amide bonds. The maximum Gasteiger partial charge on any atom is 0.257 e. The normalized spacial score (nSPS) is 10.9. The Labute approximate surface area is 168 Å². The highest BCUT2D eigenvalue weighted by atomic mass is 32.2. The number of nitrogens with one attached hydrogen (secondary N) is 1. The molecule has 1 aromatic heterocycles. The Kier molecular flexibility index (Phi) is 5.44. The van der Waals surface area contributed by atoms with E-state index in [0.717, 1.165) is 27.8 Å². The van der Waals surface area contributed by atoms with Gasteiger partial charge in [0.05, 0.1) is 0 Å². The lowest BCUT2D eigenvalue weighted by molar-refractivity contribution is 0.0951. The molecule has 1 heterocycles. The minimum absolute atomic E-state index is 0.0758. The van der Waals surface area contributed by atoms with Crippen molar-refractivity contribution in [3.63, 3.8) is 0 Å². The number of carbonyl (C=O) groups is 1. The number of aryl methyl sites for hydroxylation is 1. The second kappa shape index (κ2) is 8.31. The third-order valence-corrected chi connectivity index (χ3v) is 5.35. The molecule has 3 aromatic carbocycles. The zero-order valence-corrected chi connectivity index (χ0v) is 16.3. The summed E-state index contributed by atoms with van der Waals surface area (Å²) in [7, 11) is 0. The average Bonchev–Trinajstić information content (AvgIpc) is 3.16. The molecule has 0 aliphatic rings. The van der Waals surface area contributed by atoms with Crippen molar-refractivity contribution in [3.05, 3.63) is 95.1 Å². The minimum atomic E-state index is -0.0758. The van der Waals surface area contributed by atoms with Crippen LogP contribution in [-0.4, -0.2) is 10.9 Å². The van der Waals surface area contributed by atoms with Crippen molar-refractivity contribution in [2.75, 3.05) is 0 Å². The third kappa shape index (κ3) is 4.26. The van der Waals surface area contributed by atoms with Crippen LogP contribution in [0.3, 0.4) is 0 Å². The van der Waals surface area contributed by atoms with Gasteiger partial charge in [0.2, 0.25) is 0 Å². The van der Waals surface area contributed by atoms with Gasteiger partial charge in [0.1, 0.15) is 5.52 Å². The Balaban J connectivity index is 1.40. The highest BCUT2D eigenvalue weighted by molar-refractivity contribution is 7.98. The highest BCUT2D eigenvalue weighted by Gasteiger charge is 2.10. The maximum absolute atomic E-state index is 12.5. The van der Waals surface area contributed by atoms with Crippen molar-refractivity contribution >= 4 is 28.8 Å².